The van der Waals surface area contributed by atoms with Crippen molar-refractivity contribution >= 4 is 5.91 Å². The highest BCUT2D eigenvalue weighted by molar-refractivity contribution is 5.77. The Morgan fingerprint density at radius 2 is 2.06 bits per heavy atom. The van der Waals surface area contributed by atoms with E-state index < -0.39 is 0 Å². The van der Waals surface area contributed by atoms with Gasteiger partial charge in [0.1, 0.15) is 0 Å². The first kappa shape index (κ1) is 13.5. The third-order valence-electron chi connectivity index (χ3n) is 3.55. The summed E-state index contributed by atoms with van der Waals surface area (Å²) in [6.45, 7) is 7.92. The Bertz CT molecular complexity index is 218. The Hall–Kier alpha value is -0.570. The van der Waals surface area contributed by atoms with E-state index in [0.717, 1.165) is 18.9 Å². The molecule has 1 fully saturated rings. The number of nitrogens with one attached hydrogen (secondary N) is 2. The molecule has 0 aromatic heterocycles. The van der Waals surface area contributed by atoms with E-state index in [0.29, 0.717) is 18.5 Å². The van der Waals surface area contributed by atoms with Gasteiger partial charge in [0.25, 0.3) is 0 Å². The second-order valence-electron chi connectivity index (χ2n) is 5.23. The number of rotatable bonds is 5. The molecule has 1 amide bonds. The van der Waals surface area contributed by atoms with Crippen molar-refractivity contribution in [2.24, 2.45) is 11.8 Å². The second kappa shape index (κ2) is 6.89. The molecule has 1 aliphatic carbocycles. The zero-order chi connectivity index (χ0) is 12.0. The molecule has 0 aromatic rings. The molecule has 1 aliphatic rings. The van der Waals surface area contributed by atoms with Gasteiger partial charge in [0, 0.05) is 12.6 Å². The summed E-state index contributed by atoms with van der Waals surface area (Å²) < 4.78 is 0. The van der Waals surface area contributed by atoms with Crippen molar-refractivity contribution < 1.29 is 4.79 Å². The van der Waals surface area contributed by atoms with Crippen LogP contribution < -0.4 is 10.6 Å². The van der Waals surface area contributed by atoms with Gasteiger partial charge in [0.2, 0.25) is 5.91 Å². The molecule has 3 unspecified atom stereocenters. The highest BCUT2D eigenvalue weighted by atomic mass is 16.1. The van der Waals surface area contributed by atoms with Gasteiger partial charge in [-0.25, -0.2) is 0 Å². The minimum atomic E-state index is 0.132. The van der Waals surface area contributed by atoms with Crippen molar-refractivity contribution in [1.82, 2.24) is 10.6 Å². The van der Waals surface area contributed by atoms with Gasteiger partial charge in [-0.3, -0.25) is 4.79 Å². The first-order chi connectivity index (χ1) is 7.63. The third-order valence-corrected chi connectivity index (χ3v) is 3.55. The normalized spacial score (nSPS) is 30.1. The number of amides is 1. The highest BCUT2D eigenvalue weighted by Gasteiger charge is 2.25. The van der Waals surface area contributed by atoms with E-state index in [9.17, 15) is 4.79 Å². The fourth-order valence-electron chi connectivity index (χ4n) is 2.37. The molecule has 3 heteroatoms. The summed E-state index contributed by atoms with van der Waals surface area (Å²) in [5, 5.41) is 6.29. The maximum atomic E-state index is 11.5. The molecule has 2 N–H and O–H groups in total. The van der Waals surface area contributed by atoms with Crippen molar-refractivity contribution in [1.29, 1.82) is 0 Å². The summed E-state index contributed by atoms with van der Waals surface area (Å²) in [6, 6.07) is 0.524. The van der Waals surface area contributed by atoms with E-state index in [1.54, 1.807) is 0 Å². The molecule has 0 aromatic carbocycles. The minimum absolute atomic E-state index is 0.132. The average Bonchev–Trinajstić information content (AvgIpc) is 2.27. The van der Waals surface area contributed by atoms with E-state index in [2.05, 4.69) is 31.4 Å². The van der Waals surface area contributed by atoms with E-state index in [4.69, 9.17) is 0 Å². The van der Waals surface area contributed by atoms with Gasteiger partial charge in [-0.15, -0.1) is 0 Å². The quantitative estimate of drug-likeness (QED) is 0.752. The zero-order valence-corrected chi connectivity index (χ0v) is 10.9. The molecule has 0 saturated heterocycles. The Labute approximate surface area is 99.4 Å². The van der Waals surface area contributed by atoms with Crippen LogP contribution in [0.25, 0.3) is 0 Å². The van der Waals surface area contributed by atoms with Crippen LogP contribution in [0.4, 0.5) is 0 Å². The lowest BCUT2D eigenvalue weighted by Crippen LogP contribution is -2.44. The third kappa shape index (κ3) is 4.52. The maximum absolute atomic E-state index is 11.5. The molecular formula is C13H26N2O. The van der Waals surface area contributed by atoms with Crippen molar-refractivity contribution in [2.75, 3.05) is 13.1 Å². The molecule has 0 radical (unpaired) electrons. The lowest BCUT2D eigenvalue weighted by molar-refractivity contribution is -0.120. The Balaban J connectivity index is 2.22. The summed E-state index contributed by atoms with van der Waals surface area (Å²) in [5.41, 5.74) is 0. The number of hydrogen-bond acceptors (Lipinski definition) is 2. The molecule has 94 valence electrons. The summed E-state index contributed by atoms with van der Waals surface area (Å²) in [7, 11) is 0. The first-order valence-electron chi connectivity index (χ1n) is 6.63. The Morgan fingerprint density at radius 1 is 1.31 bits per heavy atom. The maximum Gasteiger partial charge on any atom is 0.233 e. The fraction of sp³-hybridized carbons (Fsp3) is 0.923. The zero-order valence-electron chi connectivity index (χ0n) is 10.9. The Morgan fingerprint density at radius 3 is 2.75 bits per heavy atom. The highest BCUT2D eigenvalue weighted by Crippen LogP contribution is 2.28. The van der Waals surface area contributed by atoms with E-state index in [-0.39, 0.29) is 5.91 Å². The first-order valence-corrected chi connectivity index (χ1v) is 6.63. The van der Waals surface area contributed by atoms with Crippen molar-refractivity contribution in [3.05, 3.63) is 0 Å². The molecule has 1 rings (SSSR count). The molecular weight excluding hydrogens is 200 g/mol. The predicted octanol–water partition coefficient (Wildman–Crippen LogP) is 1.93. The number of carbonyl (C=O) groups excluding carboxylic acids is 1. The molecule has 3 atom stereocenters. The summed E-state index contributed by atoms with van der Waals surface area (Å²) in [4.78, 5) is 11.5. The molecule has 0 heterocycles. The smallest absolute Gasteiger partial charge is 0.233 e. The molecule has 3 nitrogen and oxygen atoms in total. The molecule has 0 spiro atoms. The lowest BCUT2D eigenvalue weighted by atomic mass is 9.80. The fourth-order valence-corrected chi connectivity index (χ4v) is 2.37. The van der Waals surface area contributed by atoms with Gasteiger partial charge in [0.05, 0.1) is 6.54 Å². The largest absolute Gasteiger partial charge is 0.355 e. The summed E-state index contributed by atoms with van der Waals surface area (Å²) >= 11 is 0. The van der Waals surface area contributed by atoms with Gasteiger partial charge in [-0.2, -0.15) is 0 Å². The van der Waals surface area contributed by atoms with Crippen LogP contribution in [0.1, 0.15) is 46.5 Å². The van der Waals surface area contributed by atoms with Crippen molar-refractivity contribution in [3.63, 3.8) is 0 Å². The molecule has 0 bridgehead atoms. The van der Waals surface area contributed by atoms with Crippen LogP contribution in [0.2, 0.25) is 0 Å². The monoisotopic (exact) mass is 226 g/mol. The van der Waals surface area contributed by atoms with Gasteiger partial charge in [-0.05, 0) is 31.1 Å². The van der Waals surface area contributed by atoms with Crippen LogP contribution in [-0.4, -0.2) is 25.0 Å². The standard InChI is InChI=1S/C13H26N2O/c1-4-7-14-13(16)9-15-12-8-10(2)5-6-11(12)3/h10-12,15H,4-9H2,1-3H3,(H,14,16). The van der Waals surface area contributed by atoms with Crippen LogP contribution in [0.15, 0.2) is 0 Å². The van der Waals surface area contributed by atoms with Crippen molar-refractivity contribution in [2.45, 2.75) is 52.5 Å². The van der Waals surface area contributed by atoms with E-state index in [1.807, 2.05) is 0 Å². The van der Waals surface area contributed by atoms with Gasteiger partial charge in [-0.1, -0.05) is 27.2 Å². The van der Waals surface area contributed by atoms with Gasteiger partial charge >= 0.3 is 0 Å². The number of carbonyl (C=O) groups is 1. The topological polar surface area (TPSA) is 41.1 Å². The second-order valence-corrected chi connectivity index (χ2v) is 5.23. The minimum Gasteiger partial charge on any atom is -0.355 e. The molecule has 1 saturated carbocycles. The van der Waals surface area contributed by atoms with Gasteiger partial charge < -0.3 is 10.6 Å². The Kier molecular flexibility index (Phi) is 5.81. The van der Waals surface area contributed by atoms with Crippen LogP contribution in [-0.2, 0) is 4.79 Å². The van der Waals surface area contributed by atoms with E-state index in [1.165, 1.54) is 19.3 Å². The predicted molar refractivity (Wildman–Crippen MR) is 67.3 cm³/mol. The molecule has 0 aliphatic heterocycles. The summed E-state index contributed by atoms with van der Waals surface area (Å²) in [5.74, 6) is 1.63. The lowest BCUT2D eigenvalue weighted by Gasteiger charge is -2.33. The molecule has 16 heavy (non-hydrogen) atoms. The van der Waals surface area contributed by atoms with Crippen LogP contribution in [0, 0.1) is 11.8 Å². The van der Waals surface area contributed by atoms with E-state index >= 15 is 0 Å². The van der Waals surface area contributed by atoms with Gasteiger partial charge in [0.15, 0.2) is 0 Å². The summed E-state index contributed by atoms with van der Waals surface area (Å²) in [6.07, 6.45) is 4.83. The number of hydrogen-bond donors (Lipinski definition) is 2. The van der Waals surface area contributed by atoms with Crippen LogP contribution in [0.5, 0.6) is 0 Å². The van der Waals surface area contributed by atoms with Crippen LogP contribution >= 0.6 is 0 Å². The van der Waals surface area contributed by atoms with Crippen LogP contribution in [0.3, 0.4) is 0 Å². The average molecular weight is 226 g/mol. The van der Waals surface area contributed by atoms with Crippen molar-refractivity contribution in [3.8, 4) is 0 Å². The SMILES string of the molecule is CCCNC(=O)CNC1CC(C)CCC1C.